The minimum absolute atomic E-state index is 0.0924. The average Bonchev–Trinajstić information content (AvgIpc) is 3.26. The fraction of sp³-hybridized carbons (Fsp3) is 0.591. The highest BCUT2D eigenvalue weighted by molar-refractivity contribution is 5.99. The van der Waals surface area contributed by atoms with E-state index in [9.17, 15) is 14.9 Å². The Morgan fingerprint density at radius 2 is 1.89 bits per heavy atom. The fourth-order valence-electron chi connectivity index (χ4n) is 3.47. The third kappa shape index (κ3) is 5.25. The SMILES string of the molecule is Cc1cc(/C=C(\C#N)C(=O)O[C@@H](C)C(=O)N2CCCC2)c(C)n1CCC(C)C. The maximum absolute atomic E-state index is 12.4. The molecule has 2 rings (SSSR count). The van der Waals surface area contributed by atoms with Gasteiger partial charge in [-0.1, -0.05) is 13.8 Å². The Kier molecular flexibility index (Phi) is 7.45. The van der Waals surface area contributed by atoms with E-state index in [1.165, 1.54) is 0 Å². The number of carbonyl (C=O) groups is 2. The summed E-state index contributed by atoms with van der Waals surface area (Å²) in [6.45, 7) is 12.2. The Morgan fingerprint density at radius 3 is 2.46 bits per heavy atom. The Balaban J connectivity index is 2.12. The molecule has 0 bridgehead atoms. The number of aromatic nitrogens is 1. The second kappa shape index (κ2) is 9.59. The Labute approximate surface area is 167 Å². The summed E-state index contributed by atoms with van der Waals surface area (Å²) in [4.78, 5) is 26.5. The van der Waals surface area contributed by atoms with Crippen LogP contribution in [0.15, 0.2) is 11.6 Å². The summed E-state index contributed by atoms with van der Waals surface area (Å²) in [5.74, 6) is -0.357. The van der Waals surface area contributed by atoms with Crippen LogP contribution in [0.5, 0.6) is 0 Å². The number of nitriles is 1. The molecule has 6 heteroatoms. The zero-order chi connectivity index (χ0) is 20.8. The van der Waals surface area contributed by atoms with Gasteiger partial charge in [0.15, 0.2) is 6.10 Å². The van der Waals surface area contributed by atoms with Crippen molar-refractivity contribution in [3.05, 3.63) is 28.6 Å². The minimum atomic E-state index is -0.888. The van der Waals surface area contributed by atoms with E-state index in [4.69, 9.17) is 4.74 Å². The van der Waals surface area contributed by atoms with Crippen molar-refractivity contribution in [1.29, 1.82) is 5.26 Å². The molecule has 1 fully saturated rings. The molecular weight excluding hydrogens is 354 g/mol. The molecule has 0 saturated carbocycles. The zero-order valence-corrected chi connectivity index (χ0v) is 17.6. The second-order valence-corrected chi connectivity index (χ2v) is 7.91. The molecule has 0 radical (unpaired) electrons. The first-order chi connectivity index (χ1) is 13.2. The molecule has 1 saturated heterocycles. The number of nitrogens with zero attached hydrogens (tertiary/aromatic N) is 3. The molecule has 2 heterocycles. The van der Waals surface area contributed by atoms with Crippen LogP contribution < -0.4 is 0 Å². The van der Waals surface area contributed by atoms with Crippen LogP contribution in [0.2, 0.25) is 0 Å². The van der Waals surface area contributed by atoms with E-state index in [1.807, 2.05) is 26.0 Å². The van der Waals surface area contributed by atoms with Gasteiger partial charge in [0, 0.05) is 31.0 Å². The van der Waals surface area contributed by atoms with Crippen LogP contribution in [0.25, 0.3) is 6.08 Å². The summed E-state index contributed by atoms with van der Waals surface area (Å²) in [7, 11) is 0. The van der Waals surface area contributed by atoms with Gasteiger partial charge in [0.2, 0.25) is 0 Å². The number of rotatable bonds is 7. The molecule has 0 aliphatic carbocycles. The Hall–Kier alpha value is -2.55. The Morgan fingerprint density at radius 1 is 1.25 bits per heavy atom. The van der Waals surface area contributed by atoms with E-state index >= 15 is 0 Å². The maximum atomic E-state index is 12.4. The molecule has 6 nitrogen and oxygen atoms in total. The van der Waals surface area contributed by atoms with Gasteiger partial charge in [-0.3, -0.25) is 4.79 Å². The van der Waals surface area contributed by atoms with E-state index in [0.717, 1.165) is 42.8 Å². The minimum Gasteiger partial charge on any atom is -0.448 e. The monoisotopic (exact) mass is 385 g/mol. The summed E-state index contributed by atoms with van der Waals surface area (Å²) >= 11 is 0. The first kappa shape index (κ1) is 21.7. The lowest BCUT2D eigenvalue weighted by Crippen LogP contribution is -2.38. The van der Waals surface area contributed by atoms with Crippen LogP contribution in [0.1, 0.15) is 57.0 Å². The predicted molar refractivity (Wildman–Crippen MR) is 108 cm³/mol. The van der Waals surface area contributed by atoms with E-state index in [1.54, 1.807) is 17.9 Å². The number of hydrogen-bond acceptors (Lipinski definition) is 4. The second-order valence-electron chi connectivity index (χ2n) is 7.91. The van der Waals surface area contributed by atoms with Gasteiger partial charge in [0.05, 0.1) is 0 Å². The summed E-state index contributed by atoms with van der Waals surface area (Å²) < 4.78 is 7.48. The van der Waals surface area contributed by atoms with Crippen molar-refractivity contribution >= 4 is 18.0 Å². The highest BCUT2D eigenvalue weighted by Crippen LogP contribution is 2.20. The molecule has 1 aromatic heterocycles. The van der Waals surface area contributed by atoms with Gasteiger partial charge >= 0.3 is 5.97 Å². The van der Waals surface area contributed by atoms with E-state index in [-0.39, 0.29) is 11.5 Å². The number of amides is 1. The van der Waals surface area contributed by atoms with Gasteiger partial charge in [-0.15, -0.1) is 0 Å². The maximum Gasteiger partial charge on any atom is 0.349 e. The smallest absolute Gasteiger partial charge is 0.349 e. The van der Waals surface area contributed by atoms with Gasteiger partial charge in [0.25, 0.3) is 5.91 Å². The van der Waals surface area contributed by atoms with Crippen LogP contribution >= 0.6 is 0 Å². The van der Waals surface area contributed by atoms with Crippen molar-refractivity contribution in [2.45, 2.75) is 66.5 Å². The van der Waals surface area contributed by atoms with E-state index < -0.39 is 12.1 Å². The normalized spacial score (nSPS) is 15.6. The summed E-state index contributed by atoms with van der Waals surface area (Å²) in [6.07, 6.45) is 3.68. The van der Waals surface area contributed by atoms with Crippen molar-refractivity contribution in [1.82, 2.24) is 9.47 Å². The molecule has 0 aromatic carbocycles. The lowest BCUT2D eigenvalue weighted by atomic mass is 10.1. The average molecular weight is 386 g/mol. The number of esters is 1. The first-order valence-electron chi connectivity index (χ1n) is 10.0. The van der Waals surface area contributed by atoms with Gasteiger partial charge in [-0.2, -0.15) is 5.26 Å². The van der Waals surface area contributed by atoms with Crippen molar-refractivity contribution in [3.63, 3.8) is 0 Å². The van der Waals surface area contributed by atoms with Crippen molar-refractivity contribution in [3.8, 4) is 6.07 Å². The van der Waals surface area contributed by atoms with Gasteiger partial charge in [-0.25, -0.2) is 4.79 Å². The topological polar surface area (TPSA) is 75.3 Å². The number of ether oxygens (including phenoxy) is 1. The van der Waals surface area contributed by atoms with Crippen LogP contribution in [-0.2, 0) is 20.9 Å². The summed E-state index contributed by atoms with van der Waals surface area (Å²) in [5.41, 5.74) is 2.84. The number of likely N-dealkylation sites (tertiary alicyclic amines) is 1. The quantitative estimate of drug-likeness (QED) is 0.408. The van der Waals surface area contributed by atoms with Crippen molar-refractivity contribution in [2.24, 2.45) is 5.92 Å². The molecule has 28 heavy (non-hydrogen) atoms. The molecular formula is C22H31N3O3. The number of carbonyl (C=O) groups excluding carboxylic acids is 2. The predicted octanol–water partition coefficient (Wildman–Crippen LogP) is 3.61. The number of hydrogen-bond donors (Lipinski definition) is 0. The van der Waals surface area contributed by atoms with Crippen LogP contribution in [0, 0.1) is 31.1 Å². The van der Waals surface area contributed by atoms with E-state index in [2.05, 4.69) is 18.4 Å². The molecule has 1 aliphatic heterocycles. The van der Waals surface area contributed by atoms with Crippen LogP contribution in [0.4, 0.5) is 0 Å². The molecule has 0 spiro atoms. The Bertz CT molecular complexity index is 793. The molecule has 1 amide bonds. The van der Waals surface area contributed by atoms with Crippen LogP contribution in [0.3, 0.4) is 0 Å². The first-order valence-corrected chi connectivity index (χ1v) is 10.0. The highest BCUT2D eigenvalue weighted by Gasteiger charge is 2.27. The van der Waals surface area contributed by atoms with Gasteiger partial charge in [0.1, 0.15) is 11.6 Å². The van der Waals surface area contributed by atoms with Gasteiger partial charge < -0.3 is 14.2 Å². The lowest BCUT2D eigenvalue weighted by Gasteiger charge is -2.20. The lowest BCUT2D eigenvalue weighted by molar-refractivity contribution is -0.155. The fourth-order valence-corrected chi connectivity index (χ4v) is 3.47. The molecule has 1 atom stereocenters. The number of aryl methyl sites for hydroxylation is 1. The summed E-state index contributed by atoms with van der Waals surface area (Å²) in [5, 5.41) is 9.44. The molecule has 1 aromatic rings. The largest absolute Gasteiger partial charge is 0.448 e. The van der Waals surface area contributed by atoms with Crippen LogP contribution in [-0.4, -0.2) is 40.5 Å². The van der Waals surface area contributed by atoms with Crippen molar-refractivity contribution in [2.75, 3.05) is 13.1 Å². The molecule has 0 unspecified atom stereocenters. The molecule has 1 aliphatic rings. The standard InChI is InChI=1S/C22H31N3O3/c1-15(2)8-11-25-16(3)12-19(17(25)4)13-20(14-23)22(27)28-18(5)21(26)24-9-6-7-10-24/h12-13,15,18H,6-11H2,1-5H3/b20-13+/t18-/m0/s1. The third-order valence-electron chi connectivity index (χ3n) is 5.23. The molecule has 152 valence electrons. The highest BCUT2D eigenvalue weighted by atomic mass is 16.5. The van der Waals surface area contributed by atoms with E-state index in [0.29, 0.717) is 19.0 Å². The zero-order valence-electron chi connectivity index (χ0n) is 17.6. The molecule has 0 N–H and O–H groups in total. The van der Waals surface area contributed by atoms with Gasteiger partial charge in [-0.05, 0) is 63.7 Å². The van der Waals surface area contributed by atoms with Crippen molar-refractivity contribution < 1.29 is 14.3 Å². The third-order valence-corrected chi connectivity index (χ3v) is 5.23. The summed E-state index contributed by atoms with van der Waals surface area (Å²) in [6, 6.07) is 3.89.